The van der Waals surface area contributed by atoms with E-state index in [0.29, 0.717) is 29.4 Å². The Morgan fingerprint density at radius 3 is 2.54 bits per heavy atom. The number of nitrogens with zero attached hydrogens (tertiary/aromatic N) is 1. The number of hydrogen-bond acceptors (Lipinski definition) is 4. The summed E-state index contributed by atoms with van der Waals surface area (Å²) < 4.78 is 10.4. The van der Waals surface area contributed by atoms with Crippen LogP contribution >= 0.6 is 11.6 Å². The number of benzene rings is 1. The zero-order valence-corrected chi connectivity index (χ0v) is 15.6. The maximum atomic E-state index is 12.0. The fourth-order valence-corrected chi connectivity index (χ4v) is 2.01. The molecule has 0 unspecified atom stereocenters. The van der Waals surface area contributed by atoms with Gasteiger partial charge in [0.15, 0.2) is 0 Å². The highest BCUT2D eigenvalue weighted by atomic mass is 35.5. The lowest BCUT2D eigenvalue weighted by Crippen LogP contribution is -2.35. The normalized spacial score (nSPS) is 10.9. The Hall–Kier alpha value is -1.95. The molecule has 0 aliphatic rings. The molecule has 0 aromatic heterocycles. The van der Waals surface area contributed by atoms with Gasteiger partial charge in [0.25, 0.3) is 0 Å². The summed E-state index contributed by atoms with van der Waals surface area (Å²) >= 11 is 6.05. The van der Waals surface area contributed by atoms with Crippen molar-refractivity contribution in [1.82, 2.24) is 4.90 Å². The van der Waals surface area contributed by atoms with Crippen LogP contribution in [0.4, 0.5) is 10.5 Å². The van der Waals surface area contributed by atoms with Gasteiger partial charge >= 0.3 is 6.09 Å². The van der Waals surface area contributed by atoms with Crippen LogP contribution in [0.2, 0.25) is 5.02 Å². The second-order valence-corrected chi connectivity index (χ2v) is 6.81. The fourth-order valence-electron chi connectivity index (χ4n) is 1.85. The van der Waals surface area contributed by atoms with Crippen molar-refractivity contribution in [1.29, 1.82) is 0 Å². The number of ether oxygens (including phenoxy) is 2. The van der Waals surface area contributed by atoms with E-state index in [4.69, 9.17) is 21.1 Å². The molecule has 134 valence electrons. The van der Waals surface area contributed by atoms with E-state index >= 15 is 0 Å². The van der Waals surface area contributed by atoms with Crippen molar-refractivity contribution in [2.24, 2.45) is 0 Å². The molecule has 0 saturated heterocycles. The van der Waals surface area contributed by atoms with Crippen molar-refractivity contribution in [3.63, 3.8) is 0 Å². The molecule has 7 heteroatoms. The molecule has 0 aliphatic carbocycles. The quantitative estimate of drug-likeness (QED) is 0.838. The summed E-state index contributed by atoms with van der Waals surface area (Å²) in [5.74, 6) is 0.433. The van der Waals surface area contributed by atoms with Crippen molar-refractivity contribution >= 4 is 29.3 Å². The van der Waals surface area contributed by atoms with E-state index in [1.54, 1.807) is 32.4 Å². The van der Waals surface area contributed by atoms with Crippen molar-refractivity contribution in [2.75, 3.05) is 26.0 Å². The van der Waals surface area contributed by atoms with Crippen LogP contribution in [-0.2, 0) is 9.53 Å². The lowest BCUT2D eigenvalue weighted by Gasteiger charge is -2.24. The summed E-state index contributed by atoms with van der Waals surface area (Å²) in [7, 11) is 3.19. The first kappa shape index (κ1) is 20.1. The van der Waals surface area contributed by atoms with Gasteiger partial charge in [0.1, 0.15) is 11.4 Å². The predicted octanol–water partition coefficient (Wildman–Crippen LogP) is 3.93. The molecule has 0 fully saturated rings. The molecule has 6 nitrogen and oxygen atoms in total. The molecule has 1 N–H and O–H groups in total. The number of anilines is 1. The molecule has 0 bridgehead atoms. The highest BCUT2D eigenvalue weighted by molar-refractivity contribution is 6.33. The summed E-state index contributed by atoms with van der Waals surface area (Å²) in [5.41, 5.74) is -0.0345. The molecule has 1 aromatic rings. The summed E-state index contributed by atoms with van der Waals surface area (Å²) in [6.45, 7) is 5.85. The van der Waals surface area contributed by atoms with Crippen LogP contribution in [-0.4, -0.2) is 43.2 Å². The van der Waals surface area contributed by atoms with E-state index in [9.17, 15) is 9.59 Å². The van der Waals surface area contributed by atoms with Crippen LogP contribution in [0, 0.1) is 0 Å². The number of carbonyl (C=O) groups is 2. The highest BCUT2D eigenvalue weighted by Gasteiger charge is 2.19. The summed E-state index contributed by atoms with van der Waals surface area (Å²) in [6.07, 6.45) is 0.378. The van der Waals surface area contributed by atoms with Gasteiger partial charge in [-0.3, -0.25) is 4.79 Å². The molecule has 0 radical (unpaired) electrons. The molecule has 0 spiro atoms. The van der Waals surface area contributed by atoms with Crippen LogP contribution in [0.3, 0.4) is 0 Å². The lowest BCUT2D eigenvalue weighted by molar-refractivity contribution is -0.116. The summed E-state index contributed by atoms with van der Waals surface area (Å²) in [5, 5.41) is 3.18. The van der Waals surface area contributed by atoms with Gasteiger partial charge in [-0.15, -0.1) is 0 Å². The van der Waals surface area contributed by atoms with E-state index in [1.807, 2.05) is 20.8 Å². The Morgan fingerprint density at radius 2 is 1.96 bits per heavy atom. The second-order valence-electron chi connectivity index (χ2n) is 6.40. The zero-order valence-electron chi connectivity index (χ0n) is 14.8. The van der Waals surface area contributed by atoms with E-state index < -0.39 is 11.7 Å². The standard InChI is InChI=1S/C17H25ClN2O4/c1-17(2,3)24-16(22)20(4)10-6-7-15(21)19-14-11-12(23-5)8-9-13(14)18/h8-9,11H,6-7,10H2,1-5H3,(H,19,21). The highest BCUT2D eigenvalue weighted by Crippen LogP contribution is 2.26. The summed E-state index contributed by atoms with van der Waals surface area (Å²) in [4.78, 5) is 25.3. The van der Waals surface area contributed by atoms with Crippen molar-refractivity contribution in [3.05, 3.63) is 23.2 Å². The van der Waals surface area contributed by atoms with Crippen molar-refractivity contribution in [3.8, 4) is 5.75 Å². The Balaban J connectivity index is 2.43. The SMILES string of the molecule is COc1ccc(Cl)c(NC(=O)CCCN(C)C(=O)OC(C)(C)C)c1. The first-order chi connectivity index (χ1) is 11.1. The number of nitrogens with one attached hydrogen (secondary N) is 1. The van der Waals surface area contributed by atoms with Crippen LogP contribution < -0.4 is 10.1 Å². The second kappa shape index (κ2) is 8.78. The number of methoxy groups -OCH3 is 1. The molecule has 1 aromatic carbocycles. The number of amides is 2. The third kappa shape index (κ3) is 7.08. The summed E-state index contributed by atoms with van der Waals surface area (Å²) in [6, 6.07) is 5.03. The van der Waals surface area contributed by atoms with E-state index in [1.165, 1.54) is 4.90 Å². The maximum Gasteiger partial charge on any atom is 0.410 e. The van der Waals surface area contributed by atoms with Gasteiger partial charge in [0.2, 0.25) is 5.91 Å². The molecular formula is C17H25ClN2O4. The monoisotopic (exact) mass is 356 g/mol. The average Bonchev–Trinajstić information content (AvgIpc) is 2.47. The Kier molecular flexibility index (Phi) is 7.35. The minimum atomic E-state index is -0.536. The number of carbonyl (C=O) groups excluding carboxylic acids is 2. The first-order valence-corrected chi connectivity index (χ1v) is 8.07. The number of hydrogen-bond donors (Lipinski definition) is 1. The maximum absolute atomic E-state index is 12.0. The molecular weight excluding hydrogens is 332 g/mol. The topological polar surface area (TPSA) is 67.9 Å². The first-order valence-electron chi connectivity index (χ1n) is 7.70. The molecule has 0 atom stereocenters. The third-order valence-corrected chi connectivity index (χ3v) is 3.38. The van der Waals surface area contributed by atoms with Gasteiger partial charge < -0.3 is 19.7 Å². The molecule has 0 heterocycles. The van der Waals surface area contributed by atoms with Gasteiger partial charge in [0, 0.05) is 26.1 Å². The van der Waals surface area contributed by atoms with Crippen LogP contribution in [0.25, 0.3) is 0 Å². The predicted molar refractivity (Wildman–Crippen MR) is 94.7 cm³/mol. The lowest BCUT2D eigenvalue weighted by atomic mass is 10.2. The number of rotatable bonds is 6. The van der Waals surface area contributed by atoms with Crippen molar-refractivity contribution < 1.29 is 19.1 Å². The minimum Gasteiger partial charge on any atom is -0.497 e. The van der Waals surface area contributed by atoms with E-state index in [2.05, 4.69) is 5.32 Å². The average molecular weight is 357 g/mol. The molecule has 0 aliphatic heterocycles. The molecule has 24 heavy (non-hydrogen) atoms. The van der Waals surface area contributed by atoms with Crippen LogP contribution in [0.1, 0.15) is 33.6 Å². The van der Waals surface area contributed by atoms with Gasteiger partial charge in [-0.05, 0) is 39.3 Å². The van der Waals surface area contributed by atoms with Gasteiger partial charge in [-0.2, -0.15) is 0 Å². The Bertz CT molecular complexity index is 584. The van der Waals surface area contributed by atoms with Gasteiger partial charge in [-0.1, -0.05) is 11.6 Å². The molecule has 0 saturated carbocycles. The zero-order chi connectivity index (χ0) is 18.3. The van der Waals surface area contributed by atoms with Crippen molar-refractivity contribution in [2.45, 2.75) is 39.2 Å². The smallest absolute Gasteiger partial charge is 0.410 e. The molecule has 1 rings (SSSR count). The Morgan fingerprint density at radius 1 is 1.29 bits per heavy atom. The van der Waals surface area contributed by atoms with Gasteiger partial charge in [-0.25, -0.2) is 4.79 Å². The molecule has 2 amide bonds. The fraction of sp³-hybridized carbons (Fsp3) is 0.529. The minimum absolute atomic E-state index is 0.178. The number of halogens is 1. The largest absolute Gasteiger partial charge is 0.497 e. The third-order valence-electron chi connectivity index (χ3n) is 3.05. The Labute approximate surface area is 148 Å². The van der Waals surface area contributed by atoms with E-state index in [0.717, 1.165) is 0 Å². The van der Waals surface area contributed by atoms with Crippen LogP contribution in [0.15, 0.2) is 18.2 Å². The van der Waals surface area contributed by atoms with E-state index in [-0.39, 0.29) is 12.3 Å². The van der Waals surface area contributed by atoms with Crippen LogP contribution in [0.5, 0.6) is 5.75 Å². The van der Waals surface area contributed by atoms with Gasteiger partial charge in [0.05, 0.1) is 17.8 Å².